The minimum Gasteiger partial charge on any atom is -0.480 e. The average Bonchev–Trinajstić information content (AvgIpc) is 2.66. The zero-order valence-electron chi connectivity index (χ0n) is 21.0. The smallest absolute Gasteiger partial charge is 0.408 e. The Morgan fingerprint density at radius 2 is 1.64 bits per heavy atom. The summed E-state index contributed by atoms with van der Waals surface area (Å²) in [5.74, 6) is -1.15. The molecule has 1 aromatic rings. The number of rotatable bonds is 13. The number of hydrogen-bond donors (Lipinski definition) is 3. The van der Waals surface area contributed by atoms with E-state index in [0.29, 0.717) is 18.9 Å². The molecule has 8 heteroatoms. The van der Waals surface area contributed by atoms with Gasteiger partial charge in [-0.1, -0.05) is 43.7 Å². The van der Waals surface area contributed by atoms with Gasteiger partial charge < -0.3 is 29.7 Å². The van der Waals surface area contributed by atoms with Crippen LogP contribution in [-0.2, 0) is 25.4 Å². The predicted molar refractivity (Wildman–Crippen MR) is 126 cm³/mol. The van der Waals surface area contributed by atoms with Crippen molar-refractivity contribution in [2.45, 2.75) is 78.7 Å². The second-order valence-electron chi connectivity index (χ2n) is 9.96. The van der Waals surface area contributed by atoms with Crippen LogP contribution in [0.25, 0.3) is 0 Å². The van der Waals surface area contributed by atoms with Crippen LogP contribution in [0.1, 0.15) is 52.7 Å². The van der Waals surface area contributed by atoms with Gasteiger partial charge in [0.15, 0.2) is 6.04 Å². The first-order valence-electron chi connectivity index (χ1n) is 11.4. The molecule has 0 unspecified atom stereocenters. The molecule has 0 aliphatic carbocycles. The molecule has 0 heterocycles. The van der Waals surface area contributed by atoms with Crippen LogP contribution in [0.15, 0.2) is 24.3 Å². The van der Waals surface area contributed by atoms with Gasteiger partial charge in [0.05, 0.1) is 25.4 Å². The summed E-state index contributed by atoms with van der Waals surface area (Å²) < 4.78 is 16.9. The highest BCUT2D eigenvalue weighted by Gasteiger charge is 2.29. The molecule has 0 aliphatic heterocycles. The molecule has 1 amide bonds. The van der Waals surface area contributed by atoms with Gasteiger partial charge >= 0.3 is 12.1 Å². The van der Waals surface area contributed by atoms with Crippen molar-refractivity contribution in [1.29, 1.82) is 0 Å². The van der Waals surface area contributed by atoms with Crippen molar-refractivity contribution in [3.8, 4) is 0 Å². The number of ether oxygens (including phenoxy) is 3. The molecule has 1 rings (SSSR count). The largest absolute Gasteiger partial charge is 0.480 e. The molecular formula is C25H41NO7. The average molecular weight is 468 g/mol. The number of carboxylic acid groups (broad SMARTS) is 1. The van der Waals surface area contributed by atoms with Crippen LogP contribution in [0.4, 0.5) is 4.79 Å². The molecule has 188 valence electrons. The van der Waals surface area contributed by atoms with Crippen molar-refractivity contribution in [1.82, 2.24) is 5.32 Å². The lowest BCUT2D eigenvalue weighted by molar-refractivity contribution is -0.142. The van der Waals surface area contributed by atoms with E-state index in [4.69, 9.17) is 14.2 Å². The summed E-state index contributed by atoms with van der Waals surface area (Å²) in [6, 6.07) is 6.82. The Labute approximate surface area is 197 Å². The second kappa shape index (κ2) is 13.5. The van der Waals surface area contributed by atoms with E-state index < -0.39 is 35.9 Å². The molecule has 0 spiro atoms. The SMILES string of the molecule is Cc1ccc(C[C@@H](COC[C@H](NC(=O)OC(C)(C)C)C(=O)O)[C@@H](OCC(C)C)[C@H](C)O)cc1. The van der Waals surface area contributed by atoms with E-state index in [9.17, 15) is 19.8 Å². The number of nitrogens with one attached hydrogen (secondary N) is 1. The first-order valence-corrected chi connectivity index (χ1v) is 11.4. The predicted octanol–water partition coefficient (Wildman–Crippen LogP) is 3.57. The third kappa shape index (κ3) is 12.0. The Morgan fingerprint density at radius 1 is 1.03 bits per heavy atom. The first-order chi connectivity index (χ1) is 15.3. The Kier molecular flexibility index (Phi) is 11.8. The molecule has 0 fully saturated rings. The number of alkyl carbamates (subject to hydrolysis) is 1. The van der Waals surface area contributed by atoms with Gasteiger partial charge in [0, 0.05) is 12.5 Å². The molecule has 0 saturated carbocycles. The zero-order chi connectivity index (χ0) is 25.2. The fourth-order valence-electron chi connectivity index (χ4n) is 3.23. The van der Waals surface area contributed by atoms with E-state index in [-0.39, 0.29) is 19.1 Å². The standard InChI is InChI=1S/C25H41NO7/c1-16(2)13-32-22(18(4)27)20(12-19-10-8-17(3)9-11-19)14-31-15-21(23(28)29)26-24(30)33-25(5,6)7/h8-11,16,18,20-22,27H,12-15H2,1-7H3,(H,26,30)(H,28,29)/t18-,20-,21-,22-/m0/s1. The monoisotopic (exact) mass is 467 g/mol. The van der Waals surface area contributed by atoms with Gasteiger partial charge in [-0.3, -0.25) is 0 Å². The molecule has 1 aromatic carbocycles. The summed E-state index contributed by atoms with van der Waals surface area (Å²) in [7, 11) is 0. The first kappa shape index (κ1) is 28.9. The minimum absolute atomic E-state index is 0.154. The van der Waals surface area contributed by atoms with Crippen LogP contribution in [-0.4, -0.2) is 65.9 Å². The highest BCUT2D eigenvalue weighted by molar-refractivity contribution is 5.80. The number of aliphatic hydroxyl groups excluding tert-OH is 1. The van der Waals surface area contributed by atoms with Crippen LogP contribution < -0.4 is 5.32 Å². The molecule has 0 saturated heterocycles. The Morgan fingerprint density at radius 3 is 2.12 bits per heavy atom. The summed E-state index contributed by atoms with van der Waals surface area (Å²) in [6.07, 6.45) is -1.46. The number of aliphatic hydroxyl groups is 1. The second-order valence-corrected chi connectivity index (χ2v) is 9.96. The third-order valence-electron chi connectivity index (χ3n) is 4.79. The zero-order valence-corrected chi connectivity index (χ0v) is 21.0. The molecule has 0 aliphatic rings. The van der Waals surface area contributed by atoms with Crippen LogP contribution >= 0.6 is 0 Å². The van der Waals surface area contributed by atoms with Gasteiger partial charge in [0.2, 0.25) is 0 Å². The van der Waals surface area contributed by atoms with Gasteiger partial charge in [-0.05, 0) is 52.5 Å². The van der Waals surface area contributed by atoms with Crippen LogP contribution in [0.3, 0.4) is 0 Å². The number of carboxylic acids is 1. The highest BCUT2D eigenvalue weighted by atomic mass is 16.6. The molecule has 4 atom stereocenters. The van der Waals surface area contributed by atoms with Gasteiger partial charge in [-0.25, -0.2) is 9.59 Å². The quantitative estimate of drug-likeness (QED) is 0.406. The lowest BCUT2D eigenvalue weighted by Gasteiger charge is -2.31. The number of carbonyl (C=O) groups is 2. The molecule has 0 aromatic heterocycles. The third-order valence-corrected chi connectivity index (χ3v) is 4.79. The Bertz CT molecular complexity index is 725. The topological polar surface area (TPSA) is 114 Å². The summed E-state index contributed by atoms with van der Waals surface area (Å²) in [6.45, 7) is 13.2. The van der Waals surface area contributed by atoms with E-state index >= 15 is 0 Å². The minimum atomic E-state index is -1.26. The Hall–Kier alpha value is -2.16. The molecule has 8 nitrogen and oxygen atoms in total. The maximum absolute atomic E-state index is 12.0. The van der Waals surface area contributed by atoms with E-state index in [2.05, 4.69) is 5.32 Å². The van der Waals surface area contributed by atoms with Gasteiger partial charge in [-0.2, -0.15) is 0 Å². The van der Waals surface area contributed by atoms with E-state index in [1.807, 2.05) is 45.0 Å². The fraction of sp³-hybridized carbons (Fsp3) is 0.680. The molecule has 0 radical (unpaired) electrons. The van der Waals surface area contributed by atoms with E-state index in [0.717, 1.165) is 11.1 Å². The van der Waals surface area contributed by atoms with Gasteiger partial charge in [0.25, 0.3) is 0 Å². The molecular weight excluding hydrogens is 426 g/mol. The van der Waals surface area contributed by atoms with Crippen molar-refractivity contribution in [3.63, 3.8) is 0 Å². The molecule has 3 N–H and O–H groups in total. The molecule has 0 bridgehead atoms. The number of aryl methyl sites for hydroxylation is 1. The number of aliphatic carboxylic acids is 1. The van der Waals surface area contributed by atoms with Crippen molar-refractivity contribution >= 4 is 12.1 Å². The molecule has 33 heavy (non-hydrogen) atoms. The van der Waals surface area contributed by atoms with E-state index in [1.54, 1.807) is 27.7 Å². The maximum atomic E-state index is 12.0. The summed E-state index contributed by atoms with van der Waals surface area (Å²) in [5.41, 5.74) is 1.47. The highest BCUT2D eigenvalue weighted by Crippen LogP contribution is 2.20. The lowest BCUT2D eigenvalue weighted by atomic mass is 9.91. The van der Waals surface area contributed by atoms with Crippen LogP contribution in [0.2, 0.25) is 0 Å². The number of hydrogen-bond acceptors (Lipinski definition) is 6. The van der Waals surface area contributed by atoms with Crippen molar-refractivity contribution < 1.29 is 34.0 Å². The summed E-state index contributed by atoms with van der Waals surface area (Å²) in [4.78, 5) is 23.6. The van der Waals surface area contributed by atoms with Crippen molar-refractivity contribution in [2.75, 3.05) is 19.8 Å². The van der Waals surface area contributed by atoms with Crippen molar-refractivity contribution in [2.24, 2.45) is 11.8 Å². The maximum Gasteiger partial charge on any atom is 0.408 e. The van der Waals surface area contributed by atoms with E-state index in [1.165, 1.54) is 0 Å². The fourth-order valence-corrected chi connectivity index (χ4v) is 3.23. The Balaban J connectivity index is 2.88. The van der Waals surface area contributed by atoms with Crippen LogP contribution in [0, 0.1) is 18.8 Å². The lowest BCUT2D eigenvalue weighted by Crippen LogP contribution is -2.46. The van der Waals surface area contributed by atoms with Crippen molar-refractivity contribution in [3.05, 3.63) is 35.4 Å². The normalized spacial score (nSPS) is 15.5. The summed E-state index contributed by atoms with van der Waals surface area (Å²) >= 11 is 0. The van der Waals surface area contributed by atoms with Gasteiger partial charge in [0.1, 0.15) is 5.60 Å². The summed E-state index contributed by atoms with van der Waals surface area (Å²) in [5, 5.41) is 22.2. The van der Waals surface area contributed by atoms with Crippen LogP contribution in [0.5, 0.6) is 0 Å². The number of amides is 1. The number of carbonyl (C=O) groups excluding carboxylic acids is 1. The number of benzene rings is 1. The van der Waals surface area contributed by atoms with Gasteiger partial charge in [-0.15, -0.1) is 0 Å².